The second-order valence-electron chi connectivity index (χ2n) is 9.43. The Bertz CT molecular complexity index is 1280. The third kappa shape index (κ3) is 4.83. The van der Waals surface area contributed by atoms with E-state index in [0.717, 1.165) is 40.1 Å². The van der Waals surface area contributed by atoms with Gasteiger partial charge < -0.3 is 11.1 Å². The molecule has 2 aromatic carbocycles. The molecule has 2 amide bonds. The first-order valence-corrected chi connectivity index (χ1v) is 12.8. The van der Waals surface area contributed by atoms with E-state index in [-0.39, 0.29) is 16.4 Å². The molecular formula is C25H26BrN3O2S2. The predicted octanol–water partition coefficient (Wildman–Crippen LogP) is 6.04. The summed E-state index contributed by atoms with van der Waals surface area (Å²) in [5.74, 6) is -0.252. The van der Waals surface area contributed by atoms with Crippen molar-refractivity contribution >= 4 is 72.2 Å². The number of amides is 2. The van der Waals surface area contributed by atoms with Gasteiger partial charge in [-0.3, -0.25) is 14.9 Å². The van der Waals surface area contributed by atoms with Gasteiger partial charge in [-0.1, -0.05) is 61.0 Å². The number of primary amides is 1. The Hall–Kier alpha value is -2.29. The highest BCUT2D eigenvalue weighted by molar-refractivity contribution is 9.10. The summed E-state index contributed by atoms with van der Waals surface area (Å²) >= 11 is 10.5. The third-order valence-corrected chi connectivity index (χ3v) is 8.37. The van der Waals surface area contributed by atoms with Crippen LogP contribution in [0.1, 0.15) is 58.3 Å². The Morgan fingerprint density at radius 3 is 2.55 bits per heavy atom. The minimum atomic E-state index is -0.475. The van der Waals surface area contributed by atoms with Crippen molar-refractivity contribution in [1.82, 2.24) is 5.32 Å². The normalized spacial score (nSPS) is 15.7. The van der Waals surface area contributed by atoms with Crippen molar-refractivity contribution in [3.63, 3.8) is 0 Å². The maximum absolute atomic E-state index is 13.0. The summed E-state index contributed by atoms with van der Waals surface area (Å²) in [6.07, 6.45) is 2.75. The lowest BCUT2D eigenvalue weighted by Crippen LogP contribution is -2.34. The van der Waals surface area contributed by atoms with Crippen molar-refractivity contribution < 1.29 is 9.59 Å². The molecule has 1 heterocycles. The van der Waals surface area contributed by atoms with E-state index >= 15 is 0 Å². The molecule has 3 aromatic rings. The zero-order valence-corrected chi connectivity index (χ0v) is 22.0. The zero-order chi connectivity index (χ0) is 23.9. The summed E-state index contributed by atoms with van der Waals surface area (Å²) in [5.41, 5.74) is 7.96. The SMILES string of the molecule is CC(C)(C)C1CCc2c(sc(NC(=S)NC(=O)c3cccc4c(Br)cccc34)c2C(N)=O)C1. The second-order valence-corrected chi connectivity index (χ2v) is 11.8. The molecule has 0 saturated heterocycles. The molecule has 0 spiro atoms. The van der Waals surface area contributed by atoms with Crippen LogP contribution >= 0.6 is 39.5 Å². The van der Waals surface area contributed by atoms with Gasteiger partial charge >= 0.3 is 0 Å². The van der Waals surface area contributed by atoms with E-state index in [4.69, 9.17) is 18.0 Å². The van der Waals surface area contributed by atoms with Crippen LogP contribution in [0.5, 0.6) is 0 Å². The van der Waals surface area contributed by atoms with Crippen molar-refractivity contribution in [2.24, 2.45) is 17.1 Å². The van der Waals surface area contributed by atoms with Gasteiger partial charge in [0.25, 0.3) is 11.8 Å². The molecule has 4 N–H and O–H groups in total. The topological polar surface area (TPSA) is 84.2 Å². The first-order chi connectivity index (χ1) is 15.6. The predicted molar refractivity (Wildman–Crippen MR) is 143 cm³/mol. The lowest BCUT2D eigenvalue weighted by Gasteiger charge is -2.33. The standard InChI is InChI=1S/C25H26BrN3O2S2/c1-25(2,3)13-10-11-17-19(12-13)33-23(20(17)21(27)30)29-24(32)28-22(31)16-8-4-7-15-14(16)6-5-9-18(15)26/h4-9,13H,10-12H2,1-3H3,(H2,27,30)(H2,28,29,31,32). The largest absolute Gasteiger partial charge is 0.365 e. The van der Waals surface area contributed by atoms with Crippen LogP contribution in [0, 0.1) is 11.3 Å². The maximum Gasteiger partial charge on any atom is 0.258 e. The van der Waals surface area contributed by atoms with Crippen molar-refractivity contribution in [1.29, 1.82) is 0 Å². The Morgan fingerprint density at radius 1 is 1.15 bits per heavy atom. The molecule has 4 rings (SSSR count). The number of thiocarbonyl (C=S) groups is 1. The molecule has 1 unspecified atom stereocenters. The van der Waals surface area contributed by atoms with Crippen molar-refractivity contribution in [2.75, 3.05) is 5.32 Å². The molecule has 0 saturated carbocycles. The second kappa shape index (κ2) is 9.16. The number of rotatable bonds is 3. The van der Waals surface area contributed by atoms with E-state index in [1.54, 1.807) is 6.07 Å². The number of carbonyl (C=O) groups is 2. The highest BCUT2D eigenvalue weighted by Gasteiger charge is 2.33. The monoisotopic (exact) mass is 543 g/mol. The summed E-state index contributed by atoms with van der Waals surface area (Å²) in [6, 6.07) is 11.3. The molecule has 1 aromatic heterocycles. The number of nitrogens with two attached hydrogens (primary N) is 1. The van der Waals surface area contributed by atoms with Crippen LogP contribution in [0.25, 0.3) is 10.8 Å². The molecule has 0 fully saturated rings. The van der Waals surface area contributed by atoms with Crippen molar-refractivity contribution in [2.45, 2.75) is 40.0 Å². The minimum absolute atomic E-state index is 0.139. The molecule has 5 nitrogen and oxygen atoms in total. The van der Waals surface area contributed by atoms with Gasteiger partial charge in [0, 0.05) is 14.9 Å². The molecule has 0 bridgehead atoms. The Morgan fingerprint density at radius 2 is 1.85 bits per heavy atom. The molecule has 1 atom stereocenters. The van der Waals surface area contributed by atoms with Crippen LogP contribution in [-0.2, 0) is 12.8 Å². The average molecular weight is 545 g/mol. The quantitative estimate of drug-likeness (QED) is 0.351. The number of anilines is 1. The van der Waals surface area contributed by atoms with E-state index in [2.05, 4.69) is 47.3 Å². The third-order valence-electron chi connectivity index (χ3n) is 6.30. The van der Waals surface area contributed by atoms with Crippen LogP contribution in [-0.4, -0.2) is 16.9 Å². The molecule has 0 aliphatic heterocycles. The number of hydrogen-bond acceptors (Lipinski definition) is 4. The number of halogens is 1. The molecule has 1 aliphatic rings. The van der Waals surface area contributed by atoms with Gasteiger partial charge in [0.05, 0.1) is 5.56 Å². The van der Waals surface area contributed by atoms with E-state index in [9.17, 15) is 9.59 Å². The summed E-state index contributed by atoms with van der Waals surface area (Å²) in [4.78, 5) is 26.5. The summed E-state index contributed by atoms with van der Waals surface area (Å²) in [6.45, 7) is 6.75. The molecule has 8 heteroatoms. The average Bonchev–Trinajstić information content (AvgIpc) is 3.10. The van der Waals surface area contributed by atoms with Gasteiger partial charge in [-0.2, -0.15) is 0 Å². The Kier molecular flexibility index (Phi) is 6.62. The highest BCUT2D eigenvalue weighted by Crippen LogP contribution is 2.44. The summed E-state index contributed by atoms with van der Waals surface area (Å²) in [5, 5.41) is 8.34. The number of benzene rings is 2. The van der Waals surface area contributed by atoms with Gasteiger partial charge in [-0.25, -0.2) is 0 Å². The molecule has 1 aliphatic carbocycles. The minimum Gasteiger partial charge on any atom is -0.365 e. The van der Waals surface area contributed by atoms with Gasteiger partial charge in [-0.15, -0.1) is 11.3 Å². The van der Waals surface area contributed by atoms with Crippen LogP contribution in [0.4, 0.5) is 5.00 Å². The first kappa shape index (κ1) is 23.9. The highest BCUT2D eigenvalue weighted by atomic mass is 79.9. The smallest absolute Gasteiger partial charge is 0.258 e. The number of fused-ring (bicyclic) bond motifs is 2. The fourth-order valence-electron chi connectivity index (χ4n) is 4.45. The lowest BCUT2D eigenvalue weighted by molar-refractivity contribution is 0.0977. The van der Waals surface area contributed by atoms with Crippen LogP contribution < -0.4 is 16.4 Å². The molecule has 33 heavy (non-hydrogen) atoms. The van der Waals surface area contributed by atoms with Crippen molar-refractivity contribution in [3.8, 4) is 0 Å². The lowest BCUT2D eigenvalue weighted by atomic mass is 9.72. The Labute approximate surface area is 211 Å². The van der Waals surface area contributed by atoms with Crippen LogP contribution in [0.15, 0.2) is 40.9 Å². The van der Waals surface area contributed by atoms with Crippen LogP contribution in [0.2, 0.25) is 0 Å². The maximum atomic E-state index is 13.0. The zero-order valence-electron chi connectivity index (χ0n) is 18.8. The van der Waals surface area contributed by atoms with E-state index < -0.39 is 5.91 Å². The fourth-order valence-corrected chi connectivity index (χ4v) is 6.54. The number of carbonyl (C=O) groups excluding carboxylic acids is 2. The molecular weight excluding hydrogens is 518 g/mol. The van der Waals surface area contributed by atoms with Crippen molar-refractivity contribution in [3.05, 3.63) is 62.4 Å². The number of nitrogens with one attached hydrogen (secondary N) is 2. The first-order valence-electron chi connectivity index (χ1n) is 10.8. The number of hydrogen-bond donors (Lipinski definition) is 3. The van der Waals surface area contributed by atoms with E-state index in [1.807, 2.05) is 30.3 Å². The van der Waals surface area contributed by atoms with Gasteiger partial charge in [0.1, 0.15) is 5.00 Å². The summed E-state index contributed by atoms with van der Waals surface area (Å²) < 4.78 is 0.916. The van der Waals surface area contributed by atoms with Crippen LogP contribution in [0.3, 0.4) is 0 Å². The van der Waals surface area contributed by atoms with Gasteiger partial charge in [0.2, 0.25) is 0 Å². The van der Waals surface area contributed by atoms with Gasteiger partial charge in [0.15, 0.2) is 5.11 Å². The van der Waals surface area contributed by atoms with Gasteiger partial charge in [-0.05, 0) is 71.3 Å². The Balaban J connectivity index is 1.56. The molecule has 172 valence electrons. The van der Waals surface area contributed by atoms with E-state index in [0.29, 0.717) is 22.0 Å². The molecule has 0 radical (unpaired) electrons. The van der Waals surface area contributed by atoms with E-state index in [1.165, 1.54) is 16.2 Å². The number of thiophene rings is 1. The fraction of sp³-hybridized carbons (Fsp3) is 0.320. The summed E-state index contributed by atoms with van der Waals surface area (Å²) in [7, 11) is 0.